The Kier molecular flexibility index (Phi) is 5.74. The summed E-state index contributed by atoms with van der Waals surface area (Å²) < 4.78 is 5.14. The number of amides is 1. The summed E-state index contributed by atoms with van der Waals surface area (Å²) in [5.41, 5.74) is 7.50. The predicted octanol–water partition coefficient (Wildman–Crippen LogP) is 3.16. The van der Waals surface area contributed by atoms with Crippen molar-refractivity contribution in [3.63, 3.8) is 0 Å². The number of rotatable bonds is 6. The number of nitrogen functional groups attached to an aromatic ring is 1. The fraction of sp³-hybridized carbons (Fsp3) is 0.222. The second kappa shape index (κ2) is 7.98. The minimum atomic E-state index is -0.664. The van der Waals surface area contributed by atoms with E-state index >= 15 is 0 Å². The monoisotopic (exact) mass is 312 g/mol. The van der Waals surface area contributed by atoms with Crippen molar-refractivity contribution >= 4 is 17.6 Å². The van der Waals surface area contributed by atoms with E-state index in [0.29, 0.717) is 17.7 Å². The molecule has 0 unspecified atom stereocenters. The number of carbonyl (C=O) groups is 2. The molecule has 0 heterocycles. The maximum absolute atomic E-state index is 12.5. The summed E-state index contributed by atoms with van der Waals surface area (Å²) in [5, 5.41) is 2.60. The highest BCUT2D eigenvalue weighted by Gasteiger charge is 2.22. The topological polar surface area (TPSA) is 81.4 Å². The van der Waals surface area contributed by atoms with Crippen molar-refractivity contribution in [3.05, 3.63) is 65.7 Å². The van der Waals surface area contributed by atoms with Gasteiger partial charge in [0.1, 0.15) is 6.61 Å². The third-order valence-electron chi connectivity index (χ3n) is 3.46. The number of ether oxygens (including phenoxy) is 1. The first kappa shape index (κ1) is 16.5. The number of ketones is 1. The van der Waals surface area contributed by atoms with Gasteiger partial charge in [-0.15, -0.1) is 0 Å². The number of carbonyl (C=O) groups excluding carboxylic acids is 2. The van der Waals surface area contributed by atoms with Gasteiger partial charge in [0.05, 0.1) is 6.04 Å². The molecule has 1 atom stereocenters. The second-order valence-electron chi connectivity index (χ2n) is 5.12. The third kappa shape index (κ3) is 4.57. The van der Waals surface area contributed by atoms with E-state index in [2.05, 4.69) is 5.32 Å². The first-order valence-corrected chi connectivity index (χ1v) is 7.47. The van der Waals surface area contributed by atoms with Crippen LogP contribution < -0.4 is 11.1 Å². The van der Waals surface area contributed by atoms with Crippen LogP contribution in [0.15, 0.2) is 54.6 Å². The van der Waals surface area contributed by atoms with E-state index in [1.165, 1.54) is 0 Å². The highest BCUT2D eigenvalue weighted by atomic mass is 16.5. The molecule has 1 amide bonds. The van der Waals surface area contributed by atoms with Gasteiger partial charge in [0, 0.05) is 11.3 Å². The average Bonchev–Trinajstić information content (AvgIpc) is 2.58. The summed E-state index contributed by atoms with van der Waals surface area (Å²) >= 11 is 0. The van der Waals surface area contributed by atoms with Crippen molar-refractivity contribution in [2.45, 2.75) is 26.0 Å². The van der Waals surface area contributed by atoms with Gasteiger partial charge in [-0.1, -0.05) is 49.4 Å². The lowest BCUT2D eigenvalue weighted by atomic mass is 10.0. The molecule has 5 nitrogen and oxygen atoms in total. The number of para-hydroxylation sites is 1. The highest BCUT2D eigenvalue weighted by Crippen LogP contribution is 2.14. The zero-order chi connectivity index (χ0) is 16.7. The fourth-order valence-corrected chi connectivity index (χ4v) is 2.17. The molecule has 0 spiro atoms. The molecule has 0 bridgehead atoms. The van der Waals surface area contributed by atoms with E-state index in [-0.39, 0.29) is 12.4 Å². The summed E-state index contributed by atoms with van der Waals surface area (Å²) in [4.78, 5) is 24.3. The second-order valence-corrected chi connectivity index (χ2v) is 5.12. The van der Waals surface area contributed by atoms with Gasteiger partial charge < -0.3 is 15.8 Å². The van der Waals surface area contributed by atoms with Gasteiger partial charge in [0.25, 0.3) is 0 Å². The maximum atomic E-state index is 12.5. The molecule has 0 aliphatic carbocycles. The van der Waals surface area contributed by atoms with Crippen molar-refractivity contribution in [2.24, 2.45) is 0 Å². The summed E-state index contributed by atoms with van der Waals surface area (Å²) in [6.45, 7) is 1.98. The van der Waals surface area contributed by atoms with Crippen LogP contribution in [0.3, 0.4) is 0 Å². The van der Waals surface area contributed by atoms with E-state index < -0.39 is 12.1 Å². The Morgan fingerprint density at radius 1 is 1.09 bits per heavy atom. The number of hydrogen-bond acceptors (Lipinski definition) is 4. The number of hydrogen-bond donors (Lipinski definition) is 2. The first-order chi connectivity index (χ1) is 11.1. The van der Waals surface area contributed by atoms with Crippen molar-refractivity contribution in [1.29, 1.82) is 0 Å². The summed E-state index contributed by atoms with van der Waals surface area (Å²) in [6.07, 6.45) is -0.170. The number of alkyl carbamates (subject to hydrolysis) is 1. The number of benzene rings is 2. The molecule has 0 radical (unpaired) electrons. The van der Waals surface area contributed by atoms with Crippen LogP contribution in [0, 0.1) is 0 Å². The Labute approximate surface area is 135 Å². The molecular formula is C18H20N2O3. The molecule has 2 aromatic carbocycles. The first-order valence-electron chi connectivity index (χ1n) is 7.47. The zero-order valence-electron chi connectivity index (χ0n) is 13.0. The van der Waals surface area contributed by atoms with Crippen LogP contribution >= 0.6 is 0 Å². The Morgan fingerprint density at radius 2 is 1.74 bits per heavy atom. The molecule has 23 heavy (non-hydrogen) atoms. The van der Waals surface area contributed by atoms with Crippen LogP contribution in [0.1, 0.15) is 29.3 Å². The van der Waals surface area contributed by atoms with Crippen LogP contribution in [0.4, 0.5) is 10.5 Å². The maximum Gasteiger partial charge on any atom is 0.408 e. The molecule has 0 aliphatic rings. The van der Waals surface area contributed by atoms with E-state index in [0.717, 1.165) is 5.56 Å². The van der Waals surface area contributed by atoms with E-state index in [9.17, 15) is 9.59 Å². The van der Waals surface area contributed by atoms with Gasteiger partial charge in [-0.2, -0.15) is 0 Å². The quantitative estimate of drug-likeness (QED) is 0.634. The van der Waals surface area contributed by atoms with Crippen LogP contribution in [-0.2, 0) is 11.3 Å². The van der Waals surface area contributed by atoms with Crippen molar-refractivity contribution in [2.75, 3.05) is 5.73 Å². The summed E-state index contributed by atoms with van der Waals surface area (Å²) in [7, 11) is 0. The van der Waals surface area contributed by atoms with Crippen molar-refractivity contribution in [3.8, 4) is 0 Å². The molecule has 0 saturated heterocycles. The lowest BCUT2D eigenvalue weighted by molar-refractivity contribution is 0.0915. The van der Waals surface area contributed by atoms with E-state index in [1.54, 1.807) is 24.3 Å². The molecule has 3 N–H and O–H groups in total. The Hall–Kier alpha value is -2.82. The van der Waals surface area contributed by atoms with Gasteiger partial charge in [-0.3, -0.25) is 4.79 Å². The summed E-state index contributed by atoms with van der Waals surface area (Å²) in [5.74, 6) is -0.220. The number of anilines is 1. The van der Waals surface area contributed by atoms with E-state index in [1.807, 2.05) is 37.3 Å². The Bertz CT molecular complexity index is 671. The van der Waals surface area contributed by atoms with Gasteiger partial charge in [0.15, 0.2) is 5.78 Å². The van der Waals surface area contributed by atoms with Gasteiger partial charge in [-0.25, -0.2) is 4.79 Å². The standard InChI is InChI=1S/C18H20N2O3/c1-2-16(17(21)14-10-6-7-11-15(14)19)20-18(22)23-12-13-8-4-3-5-9-13/h3-11,16H,2,12,19H2,1H3,(H,20,22)/t16-/m0/s1. The number of Topliss-reactive ketones (excluding diaryl/α,β-unsaturated/α-hetero) is 1. The smallest absolute Gasteiger partial charge is 0.408 e. The van der Waals surface area contributed by atoms with Crippen molar-refractivity contribution in [1.82, 2.24) is 5.32 Å². The van der Waals surface area contributed by atoms with Gasteiger partial charge in [0.2, 0.25) is 0 Å². The van der Waals surface area contributed by atoms with Gasteiger partial charge >= 0.3 is 6.09 Å². The SMILES string of the molecule is CC[C@H](NC(=O)OCc1ccccc1)C(=O)c1ccccc1N. The molecule has 0 aromatic heterocycles. The minimum Gasteiger partial charge on any atom is -0.445 e. The average molecular weight is 312 g/mol. The number of nitrogens with one attached hydrogen (secondary N) is 1. The van der Waals surface area contributed by atoms with Gasteiger partial charge in [-0.05, 0) is 24.1 Å². The largest absolute Gasteiger partial charge is 0.445 e. The molecule has 0 aliphatic heterocycles. The zero-order valence-corrected chi connectivity index (χ0v) is 13.0. The molecular weight excluding hydrogens is 292 g/mol. The Morgan fingerprint density at radius 3 is 2.39 bits per heavy atom. The Balaban J connectivity index is 1.95. The fourth-order valence-electron chi connectivity index (χ4n) is 2.17. The van der Waals surface area contributed by atoms with Crippen LogP contribution in [0.25, 0.3) is 0 Å². The minimum absolute atomic E-state index is 0.158. The van der Waals surface area contributed by atoms with E-state index in [4.69, 9.17) is 10.5 Å². The van der Waals surface area contributed by atoms with Crippen LogP contribution in [0.5, 0.6) is 0 Å². The lowest BCUT2D eigenvalue weighted by Crippen LogP contribution is -2.40. The molecule has 2 rings (SSSR count). The molecule has 2 aromatic rings. The third-order valence-corrected chi connectivity index (χ3v) is 3.46. The summed E-state index contributed by atoms with van der Waals surface area (Å²) in [6, 6.07) is 15.5. The van der Waals surface area contributed by atoms with Crippen LogP contribution in [0.2, 0.25) is 0 Å². The van der Waals surface area contributed by atoms with Crippen molar-refractivity contribution < 1.29 is 14.3 Å². The molecule has 0 fully saturated rings. The molecule has 0 saturated carbocycles. The predicted molar refractivity (Wildman–Crippen MR) is 89.0 cm³/mol. The number of nitrogens with two attached hydrogens (primary N) is 1. The van der Waals surface area contributed by atoms with Crippen LogP contribution in [-0.4, -0.2) is 17.9 Å². The molecule has 120 valence electrons. The normalized spacial score (nSPS) is 11.5. The lowest BCUT2D eigenvalue weighted by Gasteiger charge is -2.16. The highest BCUT2D eigenvalue weighted by molar-refractivity contribution is 6.05. The molecule has 5 heteroatoms.